The van der Waals surface area contributed by atoms with E-state index < -0.39 is 0 Å². The molecule has 118 valence electrons. The van der Waals surface area contributed by atoms with Crippen LogP contribution in [0, 0.1) is 6.92 Å². The van der Waals surface area contributed by atoms with E-state index in [0.29, 0.717) is 5.75 Å². The van der Waals surface area contributed by atoms with Crippen molar-refractivity contribution >= 4 is 23.4 Å². The third kappa shape index (κ3) is 4.34. The van der Waals surface area contributed by atoms with Gasteiger partial charge in [-0.05, 0) is 38.0 Å². The van der Waals surface area contributed by atoms with Crippen molar-refractivity contribution in [3.05, 3.63) is 35.7 Å². The molecule has 0 aliphatic carbocycles. The lowest BCUT2D eigenvalue weighted by Gasteiger charge is -2.07. The van der Waals surface area contributed by atoms with Gasteiger partial charge < -0.3 is 9.88 Å². The number of benzene rings is 1. The van der Waals surface area contributed by atoms with Gasteiger partial charge in [0.1, 0.15) is 5.82 Å². The number of rotatable bonds is 7. The highest BCUT2D eigenvalue weighted by Gasteiger charge is 2.12. The van der Waals surface area contributed by atoms with E-state index in [1.807, 2.05) is 31.2 Å². The molecule has 1 N–H and O–H groups in total. The molecular weight excluding hydrogens is 296 g/mol. The first-order valence-corrected chi connectivity index (χ1v) is 8.54. The van der Waals surface area contributed by atoms with E-state index in [4.69, 9.17) is 0 Å². The molecule has 1 aromatic heterocycles. The first-order valence-electron chi connectivity index (χ1n) is 7.55. The van der Waals surface area contributed by atoms with Gasteiger partial charge in [-0.1, -0.05) is 30.8 Å². The fourth-order valence-electron chi connectivity index (χ4n) is 2.20. The zero-order valence-corrected chi connectivity index (χ0v) is 14.1. The molecule has 0 atom stereocenters. The van der Waals surface area contributed by atoms with E-state index in [0.717, 1.165) is 41.6 Å². The van der Waals surface area contributed by atoms with Crippen LogP contribution in [-0.4, -0.2) is 26.4 Å². The largest absolute Gasteiger partial charge is 0.325 e. The summed E-state index contributed by atoms with van der Waals surface area (Å²) in [6.07, 6.45) is 1.95. The van der Waals surface area contributed by atoms with Gasteiger partial charge in [-0.15, -0.1) is 10.2 Å². The van der Waals surface area contributed by atoms with E-state index in [1.165, 1.54) is 11.8 Å². The van der Waals surface area contributed by atoms with Crippen molar-refractivity contribution in [3.63, 3.8) is 0 Å². The maximum Gasteiger partial charge on any atom is 0.234 e. The molecule has 0 saturated heterocycles. The topological polar surface area (TPSA) is 59.8 Å². The minimum absolute atomic E-state index is 0.0294. The number of carbonyl (C=O) groups is 1. The highest BCUT2D eigenvalue weighted by molar-refractivity contribution is 7.99. The molecule has 0 fully saturated rings. The Balaban J connectivity index is 1.93. The lowest BCUT2D eigenvalue weighted by molar-refractivity contribution is -0.113. The second kappa shape index (κ2) is 7.98. The second-order valence-electron chi connectivity index (χ2n) is 5.10. The van der Waals surface area contributed by atoms with Gasteiger partial charge in [0.2, 0.25) is 5.91 Å². The Morgan fingerprint density at radius 1 is 1.32 bits per heavy atom. The summed E-state index contributed by atoms with van der Waals surface area (Å²) < 4.78 is 2.08. The highest BCUT2D eigenvalue weighted by atomic mass is 32.2. The van der Waals surface area contributed by atoms with E-state index >= 15 is 0 Å². The van der Waals surface area contributed by atoms with E-state index in [2.05, 4.69) is 33.9 Å². The third-order valence-electron chi connectivity index (χ3n) is 3.22. The van der Waals surface area contributed by atoms with Gasteiger partial charge in [-0.25, -0.2) is 0 Å². The lowest BCUT2D eigenvalue weighted by atomic mass is 10.2. The zero-order chi connectivity index (χ0) is 15.9. The average molecular weight is 318 g/mol. The van der Waals surface area contributed by atoms with Gasteiger partial charge >= 0.3 is 0 Å². The Labute approximate surface area is 135 Å². The Morgan fingerprint density at radius 2 is 2.14 bits per heavy atom. The number of hydrogen-bond acceptors (Lipinski definition) is 4. The molecule has 6 heteroatoms. The Kier molecular flexibility index (Phi) is 6.00. The van der Waals surface area contributed by atoms with E-state index in [-0.39, 0.29) is 5.91 Å². The summed E-state index contributed by atoms with van der Waals surface area (Å²) in [5.41, 5.74) is 1.95. The third-order valence-corrected chi connectivity index (χ3v) is 4.18. The van der Waals surface area contributed by atoms with Crippen molar-refractivity contribution in [3.8, 4) is 0 Å². The summed E-state index contributed by atoms with van der Waals surface area (Å²) in [6.45, 7) is 7.02. The molecule has 5 nitrogen and oxygen atoms in total. The van der Waals surface area contributed by atoms with Crippen LogP contribution in [0.1, 0.15) is 31.7 Å². The molecule has 1 heterocycles. The molecule has 22 heavy (non-hydrogen) atoms. The van der Waals surface area contributed by atoms with E-state index in [1.54, 1.807) is 0 Å². The SMILES string of the molecule is CCCc1nnc(SCC(=O)Nc2cccc(C)c2)n1CC. The van der Waals surface area contributed by atoms with Crippen molar-refractivity contribution in [1.29, 1.82) is 0 Å². The number of thioether (sulfide) groups is 1. The maximum absolute atomic E-state index is 12.0. The first-order chi connectivity index (χ1) is 10.6. The molecule has 2 rings (SSSR count). The quantitative estimate of drug-likeness (QED) is 0.796. The van der Waals surface area contributed by atoms with Crippen LogP contribution in [-0.2, 0) is 17.8 Å². The van der Waals surface area contributed by atoms with Gasteiger partial charge in [0.15, 0.2) is 5.16 Å². The molecule has 0 bridgehead atoms. The van der Waals surface area contributed by atoms with Crippen molar-refractivity contribution < 1.29 is 4.79 Å². The standard InChI is InChI=1S/C16H22N4OS/c1-4-7-14-18-19-16(20(14)5-2)22-11-15(21)17-13-9-6-8-12(3)10-13/h6,8-10H,4-5,7,11H2,1-3H3,(H,17,21). The number of amides is 1. The van der Waals surface area contributed by atoms with Gasteiger partial charge in [0.05, 0.1) is 5.75 Å². The smallest absolute Gasteiger partial charge is 0.234 e. The molecule has 1 aromatic carbocycles. The molecule has 0 unspecified atom stereocenters. The molecule has 0 aliphatic rings. The Hall–Kier alpha value is -1.82. The predicted octanol–water partition coefficient (Wildman–Crippen LogP) is 3.29. The van der Waals surface area contributed by atoms with Crippen molar-refractivity contribution in [2.45, 2.75) is 45.3 Å². The Morgan fingerprint density at radius 3 is 2.82 bits per heavy atom. The summed E-state index contributed by atoms with van der Waals surface area (Å²) in [6, 6.07) is 7.78. The minimum Gasteiger partial charge on any atom is -0.325 e. The minimum atomic E-state index is -0.0294. The van der Waals surface area contributed by atoms with Gasteiger partial charge in [0, 0.05) is 18.7 Å². The second-order valence-corrected chi connectivity index (χ2v) is 6.04. The molecule has 0 saturated carbocycles. The lowest BCUT2D eigenvalue weighted by Crippen LogP contribution is -2.14. The number of aryl methyl sites for hydroxylation is 2. The number of nitrogens with one attached hydrogen (secondary N) is 1. The van der Waals surface area contributed by atoms with Crippen LogP contribution >= 0.6 is 11.8 Å². The maximum atomic E-state index is 12.0. The van der Waals surface area contributed by atoms with Crippen LogP contribution in [0.3, 0.4) is 0 Å². The zero-order valence-electron chi connectivity index (χ0n) is 13.3. The molecular formula is C16H22N4OS. The van der Waals surface area contributed by atoms with Crippen molar-refractivity contribution in [2.75, 3.05) is 11.1 Å². The van der Waals surface area contributed by atoms with E-state index in [9.17, 15) is 4.79 Å². The van der Waals surface area contributed by atoms with Gasteiger partial charge in [-0.3, -0.25) is 4.79 Å². The monoisotopic (exact) mass is 318 g/mol. The van der Waals surface area contributed by atoms with Gasteiger partial charge in [-0.2, -0.15) is 0 Å². The van der Waals surface area contributed by atoms with Crippen LogP contribution in [0.2, 0.25) is 0 Å². The number of carbonyl (C=O) groups excluding carboxylic acids is 1. The predicted molar refractivity (Wildman–Crippen MR) is 90.2 cm³/mol. The summed E-state index contributed by atoms with van der Waals surface area (Å²) in [7, 11) is 0. The van der Waals surface area contributed by atoms with Crippen molar-refractivity contribution in [2.24, 2.45) is 0 Å². The number of hydrogen-bond donors (Lipinski definition) is 1. The van der Waals surface area contributed by atoms with Crippen molar-refractivity contribution in [1.82, 2.24) is 14.8 Å². The Bertz CT molecular complexity index is 639. The average Bonchev–Trinajstić information content (AvgIpc) is 2.87. The summed E-state index contributed by atoms with van der Waals surface area (Å²) in [5.74, 6) is 1.29. The molecule has 0 aliphatic heterocycles. The van der Waals surface area contributed by atoms with Crippen LogP contribution in [0.15, 0.2) is 29.4 Å². The molecule has 1 amide bonds. The van der Waals surface area contributed by atoms with Crippen LogP contribution < -0.4 is 5.32 Å². The fourth-order valence-corrected chi connectivity index (χ4v) is 3.02. The fraction of sp³-hybridized carbons (Fsp3) is 0.438. The summed E-state index contributed by atoms with van der Waals surface area (Å²) >= 11 is 1.43. The number of aromatic nitrogens is 3. The molecule has 0 spiro atoms. The number of nitrogens with zero attached hydrogens (tertiary/aromatic N) is 3. The summed E-state index contributed by atoms with van der Waals surface area (Å²) in [5, 5.41) is 12.1. The normalized spacial score (nSPS) is 10.7. The molecule has 2 aromatic rings. The molecule has 0 radical (unpaired) electrons. The van der Waals surface area contributed by atoms with Crippen LogP contribution in [0.25, 0.3) is 0 Å². The number of anilines is 1. The van der Waals surface area contributed by atoms with Crippen LogP contribution in [0.5, 0.6) is 0 Å². The summed E-state index contributed by atoms with van der Waals surface area (Å²) in [4.78, 5) is 12.0. The first kappa shape index (κ1) is 16.5. The van der Waals surface area contributed by atoms with Crippen LogP contribution in [0.4, 0.5) is 5.69 Å². The van der Waals surface area contributed by atoms with Gasteiger partial charge in [0.25, 0.3) is 0 Å². The highest BCUT2D eigenvalue weighted by Crippen LogP contribution is 2.18.